The Bertz CT molecular complexity index is 797. The molecule has 4 nitrogen and oxygen atoms in total. The number of rotatable bonds is 4. The molecule has 1 saturated heterocycles. The Labute approximate surface area is 152 Å². The molecule has 0 saturated carbocycles. The predicted molar refractivity (Wildman–Crippen MR) is 105 cm³/mol. The van der Waals surface area contributed by atoms with Crippen LogP contribution in [-0.2, 0) is 6.54 Å². The lowest BCUT2D eigenvalue weighted by Gasteiger charge is -2.21. The van der Waals surface area contributed by atoms with E-state index in [2.05, 4.69) is 46.2 Å². The summed E-state index contributed by atoms with van der Waals surface area (Å²) in [5, 5.41) is 1.16. The summed E-state index contributed by atoms with van der Waals surface area (Å²) >= 11 is 1.80. The number of nitrogens with zero attached hydrogens (tertiary/aromatic N) is 3. The molecule has 1 aromatic heterocycles. The molecule has 0 aliphatic carbocycles. The van der Waals surface area contributed by atoms with Gasteiger partial charge in [-0.1, -0.05) is 35.6 Å². The molecule has 0 radical (unpaired) electrons. The van der Waals surface area contributed by atoms with Crippen molar-refractivity contribution in [2.45, 2.75) is 13.0 Å². The first-order chi connectivity index (χ1) is 12.3. The van der Waals surface area contributed by atoms with Crippen LogP contribution in [0.2, 0.25) is 0 Å². The Kier molecular flexibility index (Phi) is 4.85. The topological polar surface area (TPSA) is 28.6 Å². The van der Waals surface area contributed by atoms with Crippen molar-refractivity contribution in [3.63, 3.8) is 0 Å². The highest BCUT2D eigenvalue weighted by atomic mass is 32.1. The number of fused-ring (bicyclic) bond motifs is 1. The summed E-state index contributed by atoms with van der Waals surface area (Å²) in [5.41, 5.74) is 2.45. The van der Waals surface area contributed by atoms with Crippen molar-refractivity contribution in [3.05, 3.63) is 54.1 Å². The molecule has 0 N–H and O–H groups in total. The van der Waals surface area contributed by atoms with Gasteiger partial charge in [0.2, 0.25) is 0 Å². The molecule has 1 aliphatic rings. The van der Waals surface area contributed by atoms with Gasteiger partial charge in [0, 0.05) is 32.7 Å². The summed E-state index contributed by atoms with van der Waals surface area (Å²) in [6, 6.07) is 16.8. The highest BCUT2D eigenvalue weighted by molar-refractivity contribution is 7.22. The number of thiazole rings is 1. The summed E-state index contributed by atoms with van der Waals surface area (Å²) in [5.74, 6) is 0.918. The molecule has 0 bridgehead atoms. The average molecular weight is 353 g/mol. The fourth-order valence-corrected chi connectivity index (χ4v) is 4.32. The fourth-order valence-electron chi connectivity index (χ4n) is 3.30. The van der Waals surface area contributed by atoms with Crippen molar-refractivity contribution in [1.82, 2.24) is 9.88 Å². The third-order valence-electron chi connectivity index (χ3n) is 4.71. The Hall–Kier alpha value is -2.11. The van der Waals surface area contributed by atoms with Crippen molar-refractivity contribution in [2.24, 2.45) is 0 Å². The van der Waals surface area contributed by atoms with Gasteiger partial charge in [0.05, 0.1) is 17.3 Å². The molecule has 0 atom stereocenters. The van der Waals surface area contributed by atoms with Crippen LogP contribution in [0.15, 0.2) is 48.5 Å². The van der Waals surface area contributed by atoms with Gasteiger partial charge in [-0.05, 0) is 36.2 Å². The second-order valence-electron chi connectivity index (χ2n) is 6.43. The van der Waals surface area contributed by atoms with E-state index in [1.807, 2.05) is 12.1 Å². The molecule has 0 unspecified atom stereocenters. The van der Waals surface area contributed by atoms with E-state index in [4.69, 9.17) is 9.72 Å². The van der Waals surface area contributed by atoms with Crippen LogP contribution >= 0.6 is 11.3 Å². The standard InChI is InChI=1S/C20H23N3OS/c1-24-17-9-7-16(8-10-17)15-22-11-4-12-23(14-13-22)20-21-18-5-2-3-6-19(18)25-20/h2-3,5-10H,4,11-15H2,1H3. The largest absolute Gasteiger partial charge is 0.497 e. The Balaban J connectivity index is 1.40. The van der Waals surface area contributed by atoms with E-state index in [1.165, 1.54) is 16.7 Å². The first kappa shape index (κ1) is 16.4. The van der Waals surface area contributed by atoms with Gasteiger partial charge in [-0.25, -0.2) is 4.98 Å². The second kappa shape index (κ2) is 7.42. The normalized spacial score (nSPS) is 16.1. The third kappa shape index (κ3) is 3.78. The van der Waals surface area contributed by atoms with E-state index >= 15 is 0 Å². The van der Waals surface area contributed by atoms with E-state index in [0.717, 1.165) is 49.1 Å². The molecule has 1 fully saturated rings. The maximum absolute atomic E-state index is 5.24. The molecule has 2 heterocycles. The molecule has 0 spiro atoms. The number of hydrogen-bond donors (Lipinski definition) is 0. The quantitative estimate of drug-likeness (QED) is 0.708. The lowest BCUT2D eigenvalue weighted by atomic mass is 10.2. The summed E-state index contributed by atoms with van der Waals surface area (Å²) in [7, 11) is 1.71. The van der Waals surface area contributed by atoms with Crippen molar-refractivity contribution >= 4 is 26.7 Å². The summed E-state index contributed by atoms with van der Waals surface area (Å²) < 4.78 is 6.52. The molecular weight excluding hydrogens is 330 g/mol. The number of aromatic nitrogens is 1. The smallest absolute Gasteiger partial charge is 0.186 e. The molecule has 5 heteroatoms. The van der Waals surface area contributed by atoms with Crippen LogP contribution in [-0.4, -0.2) is 43.2 Å². The van der Waals surface area contributed by atoms with E-state index < -0.39 is 0 Å². The Morgan fingerprint density at radius 1 is 1.00 bits per heavy atom. The zero-order chi connectivity index (χ0) is 17.1. The van der Waals surface area contributed by atoms with Crippen molar-refractivity contribution in [3.8, 4) is 5.75 Å². The zero-order valence-electron chi connectivity index (χ0n) is 14.5. The monoisotopic (exact) mass is 353 g/mol. The Morgan fingerprint density at radius 2 is 1.84 bits per heavy atom. The van der Waals surface area contributed by atoms with Gasteiger partial charge < -0.3 is 9.64 Å². The lowest BCUT2D eigenvalue weighted by molar-refractivity contribution is 0.285. The van der Waals surface area contributed by atoms with Crippen molar-refractivity contribution in [2.75, 3.05) is 38.2 Å². The van der Waals surface area contributed by atoms with E-state index in [9.17, 15) is 0 Å². The van der Waals surface area contributed by atoms with Gasteiger partial charge in [0.25, 0.3) is 0 Å². The molecule has 4 rings (SSSR count). The molecule has 25 heavy (non-hydrogen) atoms. The maximum atomic E-state index is 5.24. The number of hydrogen-bond acceptors (Lipinski definition) is 5. The predicted octanol–water partition coefficient (Wildman–Crippen LogP) is 4.02. The molecule has 3 aromatic rings. The second-order valence-corrected chi connectivity index (χ2v) is 7.44. The summed E-state index contributed by atoms with van der Waals surface area (Å²) in [6.07, 6.45) is 1.17. The minimum Gasteiger partial charge on any atom is -0.497 e. The molecular formula is C20H23N3OS. The highest BCUT2D eigenvalue weighted by Crippen LogP contribution is 2.29. The number of para-hydroxylation sites is 1. The van der Waals surface area contributed by atoms with E-state index in [0.29, 0.717) is 0 Å². The van der Waals surface area contributed by atoms with Gasteiger partial charge in [-0.15, -0.1) is 0 Å². The van der Waals surface area contributed by atoms with Crippen LogP contribution in [0.25, 0.3) is 10.2 Å². The number of anilines is 1. The maximum Gasteiger partial charge on any atom is 0.186 e. The lowest BCUT2D eigenvalue weighted by Crippen LogP contribution is -2.30. The SMILES string of the molecule is COc1ccc(CN2CCCN(c3nc4ccccc4s3)CC2)cc1. The van der Waals surface area contributed by atoms with Crippen LogP contribution in [0.3, 0.4) is 0 Å². The molecule has 2 aromatic carbocycles. The molecule has 1 aliphatic heterocycles. The zero-order valence-corrected chi connectivity index (χ0v) is 15.3. The van der Waals surface area contributed by atoms with Gasteiger partial charge in [-0.3, -0.25) is 4.90 Å². The van der Waals surface area contributed by atoms with Crippen LogP contribution in [0.4, 0.5) is 5.13 Å². The highest BCUT2D eigenvalue weighted by Gasteiger charge is 2.18. The van der Waals surface area contributed by atoms with E-state index in [-0.39, 0.29) is 0 Å². The van der Waals surface area contributed by atoms with Gasteiger partial charge in [0.1, 0.15) is 5.75 Å². The van der Waals surface area contributed by atoms with Crippen LogP contribution < -0.4 is 9.64 Å². The number of ether oxygens (including phenoxy) is 1. The van der Waals surface area contributed by atoms with Gasteiger partial charge in [0.15, 0.2) is 5.13 Å². The first-order valence-electron chi connectivity index (χ1n) is 8.77. The molecule has 130 valence electrons. The van der Waals surface area contributed by atoms with Crippen molar-refractivity contribution in [1.29, 1.82) is 0 Å². The van der Waals surface area contributed by atoms with E-state index in [1.54, 1.807) is 18.4 Å². The summed E-state index contributed by atoms with van der Waals surface area (Å²) in [4.78, 5) is 9.80. The minimum atomic E-state index is 0.918. The fraction of sp³-hybridized carbons (Fsp3) is 0.350. The number of benzene rings is 2. The average Bonchev–Trinajstić information content (AvgIpc) is 2.95. The molecule has 0 amide bonds. The van der Waals surface area contributed by atoms with Crippen LogP contribution in [0.5, 0.6) is 5.75 Å². The number of methoxy groups -OCH3 is 1. The Morgan fingerprint density at radius 3 is 2.64 bits per heavy atom. The van der Waals surface area contributed by atoms with Gasteiger partial charge >= 0.3 is 0 Å². The third-order valence-corrected chi connectivity index (χ3v) is 5.80. The van der Waals surface area contributed by atoms with Crippen LogP contribution in [0, 0.1) is 0 Å². The van der Waals surface area contributed by atoms with Gasteiger partial charge in [-0.2, -0.15) is 0 Å². The first-order valence-corrected chi connectivity index (χ1v) is 9.59. The van der Waals surface area contributed by atoms with Crippen molar-refractivity contribution < 1.29 is 4.74 Å². The summed E-state index contributed by atoms with van der Waals surface area (Å²) in [6.45, 7) is 5.32. The minimum absolute atomic E-state index is 0.918. The van der Waals surface area contributed by atoms with Crippen LogP contribution in [0.1, 0.15) is 12.0 Å².